The molecule has 2 aromatic carbocycles. The number of esters is 1. The van der Waals surface area contributed by atoms with Gasteiger partial charge in [0.2, 0.25) is 0 Å². The van der Waals surface area contributed by atoms with Crippen molar-refractivity contribution in [1.29, 1.82) is 0 Å². The van der Waals surface area contributed by atoms with E-state index in [0.717, 1.165) is 28.9 Å². The van der Waals surface area contributed by atoms with Crippen LogP contribution in [0, 0.1) is 11.3 Å². The fourth-order valence-electron chi connectivity index (χ4n) is 5.03. The number of carbonyl (C=O) groups is 4. The third-order valence-electron chi connectivity index (χ3n) is 7.24. The maximum absolute atomic E-state index is 13.0. The third kappa shape index (κ3) is 5.58. The molecule has 36 heavy (non-hydrogen) atoms. The maximum atomic E-state index is 13.0. The fourth-order valence-corrected chi connectivity index (χ4v) is 5.03. The first-order valence-corrected chi connectivity index (χ1v) is 12.3. The van der Waals surface area contributed by atoms with Crippen LogP contribution >= 0.6 is 0 Å². The Kier molecular flexibility index (Phi) is 7.15. The molecular formula is C28H33N3O5. The molecule has 0 bridgehead atoms. The van der Waals surface area contributed by atoms with Crippen LogP contribution in [0.15, 0.2) is 54.6 Å². The van der Waals surface area contributed by atoms with Crippen molar-refractivity contribution in [2.75, 3.05) is 18.5 Å². The number of nitrogens with zero attached hydrogens (tertiary/aromatic N) is 1. The predicted molar refractivity (Wildman–Crippen MR) is 136 cm³/mol. The van der Waals surface area contributed by atoms with E-state index in [1.54, 1.807) is 12.1 Å². The summed E-state index contributed by atoms with van der Waals surface area (Å²) in [5.41, 5.74) is 1.84. The monoisotopic (exact) mass is 491 g/mol. The fraction of sp³-hybridized carbons (Fsp3) is 0.429. The summed E-state index contributed by atoms with van der Waals surface area (Å²) in [6, 6.07) is 16.6. The van der Waals surface area contributed by atoms with E-state index < -0.39 is 36.6 Å². The zero-order valence-corrected chi connectivity index (χ0v) is 21.0. The van der Waals surface area contributed by atoms with Crippen molar-refractivity contribution in [3.63, 3.8) is 0 Å². The molecule has 1 aliphatic carbocycles. The van der Waals surface area contributed by atoms with E-state index in [1.165, 1.54) is 0 Å². The molecule has 2 N–H and O–H groups in total. The van der Waals surface area contributed by atoms with Crippen LogP contribution in [-0.4, -0.2) is 47.4 Å². The molecule has 2 aromatic rings. The minimum Gasteiger partial charge on any atom is -0.454 e. The summed E-state index contributed by atoms with van der Waals surface area (Å²) in [5, 5.41) is 5.48. The van der Waals surface area contributed by atoms with Gasteiger partial charge in [0.25, 0.3) is 11.8 Å². The predicted octanol–water partition coefficient (Wildman–Crippen LogP) is 4.36. The topological polar surface area (TPSA) is 105 Å². The van der Waals surface area contributed by atoms with Gasteiger partial charge < -0.3 is 15.4 Å². The van der Waals surface area contributed by atoms with Gasteiger partial charge in [-0.15, -0.1) is 0 Å². The molecule has 4 amide bonds. The molecule has 0 atom stereocenters. The zero-order valence-electron chi connectivity index (χ0n) is 21.0. The zero-order chi connectivity index (χ0) is 25.9. The van der Waals surface area contributed by atoms with E-state index in [1.807, 2.05) is 42.5 Å². The highest BCUT2D eigenvalue weighted by Crippen LogP contribution is 2.43. The first kappa shape index (κ1) is 25.4. The second-order valence-electron chi connectivity index (χ2n) is 10.7. The molecule has 190 valence electrons. The van der Waals surface area contributed by atoms with Gasteiger partial charge in [0.1, 0.15) is 12.1 Å². The van der Waals surface area contributed by atoms with Gasteiger partial charge in [0.05, 0.1) is 0 Å². The highest BCUT2D eigenvalue weighted by molar-refractivity contribution is 6.08. The van der Waals surface area contributed by atoms with Gasteiger partial charge in [-0.2, -0.15) is 0 Å². The van der Waals surface area contributed by atoms with Crippen LogP contribution in [0.3, 0.4) is 0 Å². The Morgan fingerprint density at radius 2 is 1.61 bits per heavy atom. The van der Waals surface area contributed by atoms with Crippen molar-refractivity contribution >= 4 is 29.5 Å². The van der Waals surface area contributed by atoms with Crippen LogP contribution in [0.25, 0.3) is 11.1 Å². The summed E-state index contributed by atoms with van der Waals surface area (Å²) in [7, 11) is 0. The standard InChI is InChI=1S/C28H33N3O5/c1-27(2,3)21-13-15-28(16-14-21)25(34)31(26(35)30-28)17-24(33)36-18-23(32)29-22-11-9-20(10-12-22)19-7-5-4-6-8-19/h4-12,21H,13-18H2,1-3H3,(H,29,32)(H,30,35). The van der Waals surface area contributed by atoms with E-state index in [9.17, 15) is 19.2 Å². The number of rotatable bonds is 6. The molecule has 4 rings (SSSR count). The molecule has 1 aliphatic heterocycles. The average molecular weight is 492 g/mol. The Bertz CT molecular complexity index is 1130. The number of urea groups is 1. The molecule has 8 heteroatoms. The van der Waals surface area contributed by atoms with Crippen molar-refractivity contribution in [1.82, 2.24) is 10.2 Å². The van der Waals surface area contributed by atoms with Crippen LogP contribution in [0.1, 0.15) is 46.5 Å². The Labute approximate surface area is 211 Å². The molecule has 0 radical (unpaired) electrons. The van der Waals surface area contributed by atoms with Gasteiger partial charge in [-0.25, -0.2) is 4.79 Å². The number of carbonyl (C=O) groups excluding carboxylic acids is 4. The van der Waals surface area contributed by atoms with Gasteiger partial charge >= 0.3 is 12.0 Å². The van der Waals surface area contributed by atoms with Crippen molar-refractivity contribution in [3.05, 3.63) is 54.6 Å². The number of benzene rings is 2. The van der Waals surface area contributed by atoms with Gasteiger partial charge in [-0.1, -0.05) is 63.2 Å². The van der Waals surface area contributed by atoms with E-state index in [0.29, 0.717) is 24.4 Å². The number of imide groups is 1. The number of nitrogens with one attached hydrogen (secondary N) is 2. The Morgan fingerprint density at radius 3 is 2.22 bits per heavy atom. The van der Waals surface area contributed by atoms with E-state index in [-0.39, 0.29) is 11.3 Å². The Morgan fingerprint density at radius 1 is 1.00 bits per heavy atom. The summed E-state index contributed by atoms with van der Waals surface area (Å²) in [5.74, 6) is -1.24. The highest BCUT2D eigenvalue weighted by atomic mass is 16.5. The molecule has 1 saturated carbocycles. The van der Waals surface area contributed by atoms with Crippen LogP contribution < -0.4 is 10.6 Å². The summed E-state index contributed by atoms with van der Waals surface area (Å²) in [6.07, 6.45) is 2.77. The quantitative estimate of drug-likeness (QED) is 0.461. The van der Waals surface area contributed by atoms with Gasteiger partial charge in [0.15, 0.2) is 6.61 Å². The number of ether oxygens (including phenoxy) is 1. The summed E-state index contributed by atoms with van der Waals surface area (Å²) >= 11 is 0. The molecule has 2 fully saturated rings. The minimum atomic E-state index is -0.942. The van der Waals surface area contributed by atoms with Gasteiger partial charge in [-0.05, 0) is 60.3 Å². The Hall–Kier alpha value is -3.68. The lowest BCUT2D eigenvalue weighted by Crippen LogP contribution is -2.50. The molecule has 1 saturated heterocycles. The van der Waals surface area contributed by atoms with Crippen molar-refractivity contribution in [2.45, 2.75) is 52.0 Å². The van der Waals surface area contributed by atoms with E-state index >= 15 is 0 Å². The third-order valence-corrected chi connectivity index (χ3v) is 7.24. The maximum Gasteiger partial charge on any atom is 0.326 e. The van der Waals surface area contributed by atoms with E-state index in [2.05, 4.69) is 31.4 Å². The van der Waals surface area contributed by atoms with Gasteiger partial charge in [0, 0.05) is 5.69 Å². The average Bonchev–Trinajstić information content (AvgIpc) is 3.07. The SMILES string of the molecule is CC(C)(C)C1CCC2(CC1)NC(=O)N(CC(=O)OCC(=O)Nc1ccc(-c3ccccc3)cc1)C2=O. The van der Waals surface area contributed by atoms with Crippen LogP contribution in [0.5, 0.6) is 0 Å². The molecule has 0 aromatic heterocycles. The summed E-state index contributed by atoms with van der Waals surface area (Å²) in [4.78, 5) is 51.0. The van der Waals surface area contributed by atoms with E-state index in [4.69, 9.17) is 4.74 Å². The number of amides is 4. The lowest BCUT2D eigenvalue weighted by molar-refractivity contribution is -0.150. The molecule has 2 aliphatic rings. The molecule has 0 unspecified atom stereocenters. The number of hydrogen-bond donors (Lipinski definition) is 2. The molecule has 8 nitrogen and oxygen atoms in total. The van der Waals surface area contributed by atoms with Crippen LogP contribution in [0.4, 0.5) is 10.5 Å². The van der Waals surface area contributed by atoms with Crippen molar-refractivity contribution < 1.29 is 23.9 Å². The normalized spacial score (nSPS) is 21.9. The Balaban J connectivity index is 1.25. The summed E-state index contributed by atoms with van der Waals surface area (Å²) < 4.78 is 5.04. The van der Waals surface area contributed by atoms with Crippen LogP contribution in [-0.2, 0) is 19.1 Å². The molecule has 1 heterocycles. The largest absolute Gasteiger partial charge is 0.454 e. The second-order valence-corrected chi connectivity index (χ2v) is 10.7. The lowest BCUT2D eigenvalue weighted by Gasteiger charge is -2.40. The highest BCUT2D eigenvalue weighted by Gasteiger charge is 2.53. The van der Waals surface area contributed by atoms with Gasteiger partial charge in [-0.3, -0.25) is 19.3 Å². The molecular weight excluding hydrogens is 458 g/mol. The first-order valence-electron chi connectivity index (χ1n) is 12.3. The first-order chi connectivity index (χ1) is 17.1. The van der Waals surface area contributed by atoms with Crippen LogP contribution in [0.2, 0.25) is 0 Å². The van der Waals surface area contributed by atoms with Crippen molar-refractivity contribution in [3.8, 4) is 11.1 Å². The smallest absolute Gasteiger partial charge is 0.326 e. The lowest BCUT2D eigenvalue weighted by atomic mass is 9.67. The number of hydrogen-bond acceptors (Lipinski definition) is 5. The van der Waals surface area contributed by atoms with Crippen molar-refractivity contribution in [2.24, 2.45) is 11.3 Å². The second kappa shape index (κ2) is 10.1. The number of anilines is 1. The minimum absolute atomic E-state index is 0.140. The molecule has 1 spiro atoms. The summed E-state index contributed by atoms with van der Waals surface area (Å²) in [6.45, 7) is 5.52.